The normalized spacial score (nSPS) is 17.7. The number of nitrogens with one attached hydrogen (secondary N) is 1. The summed E-state index contributed by atoms with van der Waals surface area (Å²) in [5.41, 5.74) is 1.38. The van der Waals surface area contributed by atoms with Crippen molar-refractivity contribution < 1.29 is 0 Å². The smallest absolute Gasteiger partial charge is 0.0437 e. The van der Waals surface area contributed by atoms with Crippen molar-refractivity contribution in [2.75, 3.05) is 20.1 Å². The third-order valence-electron chi connectivity index (χ3n) is 4.18. The summed E-state index contributed by atoms with van der Waals surface area (Å²) in [4.78, 5) is 6.76. The van der Waals surface area contributed by atoms with Crippen molar-refractivity contribution in [3.63, 3.8) is 0 Å². The maximum Gasteiger partial charge on any atom is 0.0437 e. The number of halogens is 1. The lowest BCUT2D eigenvalue weighted by molar-refractivity contribution is 0.194. The molecule has 1 aliphatic rings. The summed E-state index contributed by atoms with van der Waals surface area (Å²) in [5.74, 6) is 0. The van der Waals surface area contributed by atoms with Crippen LogP contribution in [0.4, 0.5) is 0 Å². The Morgan fingerprint density at radius 2 is 2.10 bits per heavy atom. The summed E-state index contributed by atoms with van der Waals surface area (Å²) in [5, 5.41) is 5.82. The van der Waals surface area contributed by atoms with Crippen LogP contribution in [-0.2, 0) is 6.54 Å². The van der Waals surface area contributed by atoms with Gasteiger partial charge in [-0.05, 0) is 65.9 Å². The lowest BCUT2D eigenvalue weighted by Crippen LogP contribution is -2.40. The van der Waals surface area contributed by atoms with E-state index in [2.05, 4.69) is 56.4 Å². The highest BCUT2D eigenvalue weighted by molar-refractivity contribution is 9.10. The van der Waals surface area contributed by atoms with Crippen LogP contribution in [0.5, 0.6) is 0 Å². The quantitative estimate of drug-likeness (QED) is 0.934. The average Bonchev–Trinajstić information content (AvgIpc) is 2.49. The second-order valence-electron chi connectivity index (χ2n) is 5.52. The molecule has 0 atom stereocenters. The van der Waals surface area contributed by atoms with E-state index in [9.17, 15) is 0 Å². The van der Waals surface area contributed by atoms with Crippen LogP contribution in [0.25, 0.3) is 10.8 Å². The molecule has 2 heterocycles. The molecule has 4 heteroatoms. The van der Waals surface area contributed by atoms with Gasteiger partial charge in [-0.3, -0.25) is 9.88 Å². The van der Waals surface area contributed by atoms with E-state index in [4.69, 9.17) is 0 Å². The van der Waals surface area contributed by atoms with Crippen molar-refractivity contribution in [1.29, 1.82) is 0 Å². The molecule has 3 nitrogen and oxygen atoms in total. The Labute approximate surface area is 128 Å². The third kappa shape index (κ3) is 3.03. The molecule has 106 valence electrons. The van der Waals surface area contributed by atoms with Gasteiger partial charge in [0.25, 0.3) is 0 Å². The second kappa shape index (κ2) is 6.20. The van der Waals surface area contributed by atoms with Crippen molar-refractivity contribution in [3.05, 3.63) is 40.6 Å². The molecule has 3 rings (SSSR count). The van der Waals surface area contributed by atoms with Gasteiger partial charge in [0.2, 0.25) is 0 Å². The van der Waals surface area contributed by atoms with Crippen molar-refractivity contribution >= 4 is 26.7 Å². The van der Waals surface area contributed by atoms with E-state index in [0.29, 0.717) is 6.04 Å². The Bertz CT molecular complexity index is 591. The Hall–Kier alpha value is -0.970. The standard InChI is InChI=1S/C16H20BrN3/c1-18-14-4-6-20(7-5-14)11-12-2-3-13-9-19-10-16(17)15(13)8-12/h2-3,8-10,14,18H,4-7,11H2,1H3. The largest absolute Gasteiger partial charge is 0.317 e. The Kier molecular flexibility index (Phi) is 4.34. The number of fused-ring (bicyclic) bond motifs is 1. The fraction of sp³-hybridized carbons (Fsp3) is 0.438. The van der Waals surface area contributed by atoms with E-state index in [0.717, 1.165) is 11.0 Å². The van der Waals surface area contributed by atoms with Crippen molar-refractivity contribution in [1.82, 2.24) is 15.2 Å². The molecule has 2 aromatic rings. The summed E-state index contributed by atoms with van der Waals surface area (Å²) < 4.78 is 1.07. The highest BCUT2D eigenvalue weighted by atomic mass is 79.9. The molecule has 1 aliphatic heterocycles. The second-order valence-corrected chi connectivity index (χ2v) is 6.37. The SMILES string of the molecule is CNC1CCN(Cc2ccc3cncc(Br)c3c2)CC1. The van der Waals surface area contributed by atoms with Gasteiger partial charge in [-0.1, -0.05) is 12.1 Å². The van der Waals surface area contributed by atoms with E-state index in [1.807, 2.05) is 12.4 Å². The molecule has 20 heavy (non-hydrogen) atoms. The van der Waals surface area contributed by atoms with Crippen molar-refractivity contribution in [2.45, 2.75) is 25.4 Å². The third-order valence-corrected chi connectivity index (χ3v) is 4.81. The maximum absolute atomic E-state index is 4.21. The molecule has 0 aliphatic carbocycles. The predicted molar refractivity (Wildman–Crippen MR) is 86.8 cm³/mol. The number of benzene rings is 1. The van der Waals surface area contributed by atoms with Gasteiger partial charge >= 0.3 is 0 Å². The fourth-order valence-electron chi connectivity index (χ4n) is 2.91. The topological polar surface area (TPSA) is 28.2 Å². The first kappa shape index (κ1) is 14.0. The molecule has 1 aromatic carbocycles. The number of rotatable bonds is 3. The first-order valence-electron chi connectivity index (χ1n) is 7.18. The van der Waals surface area contributed by atoms with Gasteiger partial charge in [-0.15, -0.1) is 0 Å². The molecule has 0 saturated carbocycles. The van der Waals surface area contributed by atoms with Crippen LogP contribution in [0.3, 0.4) is 0 Å². The van der Waals surface area contributed by atoms with Crippen LogP contribution in [0.15, 0.2) is 35.1 Å². The number of likely N-dealkylation sites (tertiary alicyclic amines) is 1. The molecular weight excluding hydrogens is 314 g/mol. The zero-order chi connectivity index (χ0) is 13.9. The summed E-state index contributed by atoms with van der Waals surface area (Å²) in [7, 11) is 2.06. The monoisotopic (exact) mass is 333 g/mol. The highest BCUT2D eigenvalue weighted by Crippen LogP contribution is 2.24. The average molecular weight is 334 g/mol. The zero-order valence-corrected chi connectivity index (χ0v) is 13.4. The van der Waals surface area contributed by atoms with E-state index in [1.165, 1.54) is 42.3 Å². The number of hydrogen-bond donors (Lipinski definition) is 1. The minimum atomic E-state index is 0.697. The van der Waals surface area contributed by atoms with E-state index >= 15 is 0 Å². The molecule has 0 spiro atoms. The van der Waals surface area contributed by atoms with Gasteiger partial charge in [-0.25, -0.2) is 0 Å². The first-order chi connectivity index (χ1) is 9.76. The molecule has 1 saturated heterocycles. The van der Waals surface area contributed by atoms with Crippen LogP contribution < -0.4 is 5.32 Å². The lowest BCUT2D eigenvalue weighted by Gasteiger charge is -2.31. The van der Waals surface area contributed by atoms with Gasteiger partial charge in [-0.2, -0.15) is 0 Å². The fourth-order valence-corrected chi connectivity index (χ4v) is 3.37. The summed E-state index contributed by atoms with van der Waals surface area (Å²) in [6.07, 6.45) is 6.28. The number of pyridine rings is 1. The van der Waals surface area contributed by atoms with E-state index in [1.54, 1.807) is 0 Å². The van der Waals surface area contributed by atoms with Crippen LogP contribution in [0.2, 0.25) is 0 Å². The summed E-state index contributed by atoms with van der Waals surface area (Å²) in [6.45, 7) is 3.41. The highest BCUT2D eigenvalue weighted by Gasteiger charge is 2.17. The van der Waals surface area contributed by atoms with Crippen LogP contribution in [0.1, 0.15) is 18.4 Å². The van der Waals surface area contributed by atoms with Gasteiger partial charge in [0, 0.05) is 34.8 Å². The Balaban J connectivity index is 1.73. The molecular formula is C16H20BrN3. The van der Waals surface area contributed by atoms with Crippen molar-refractivity contribution in [2.24, 2.45) is 0 Å². The number of piperidine rings is 1. The maximum atomic E-state index is 4.21. The molecule has 1 N–H and O–H groups in total. The summed E-state index contributed by atoms with van der Waals surface area (Å²) in [6, 6.07) is 7.37. The molecule has 0 radical (unpaired) electrons. The molecule has 1 aromatic heterocycles. The zero-order valence-electron chi connectivity index (χ0n) is 11.8. The van der Waals surface area contributed by atoms with E-state index in [-0.39, 0.29) is 0 Å². The number of hydrogen-bond acceptors (Lipinski definition) is 3. The molecule has 1 fully saturated rings. The van der Waals surface area contributed by atoms with Crippen LogP contribution >= 0.6 is 15.9 Å². The van der Waals surface area contributed by atoms with Gasteiger partial charge in [0.15, 0.2) is 0 Å². The molecule has 0 bridgehead atoms. The van der Waals surface area contributed by atoms with Gasteiger partial charge in [0.1, 0.15) is 0 Å². The van der Waals surface area contributed by atoms with Crippen molar-refractivity contribution in [3.8, 4) is 0 Å². The molecule has 0 amide bonds. The minimum Gasteiger partial charge on any atom is -0.317 e. The predicted octanol–water partition coefficient (Wildman–Crippen LogP) is 3.18. The number of nitrogens with zero attached hydrogens (tertiary/aromatic N) is 2. The Morgan fingerprint density at radius 3 is 2.85 bits per heavy atom. The number of aromatic nitrogens is 1. The van der Waals surface area contributed by atoms with Gasteiger partial charge in [0.05, 0.1) is 0 Å². The van der Waals surface area contributed by atoms with E-state index < -0.39 is 0 Å². The van der Waals surface area contributed by atoms with Gasteiger partial charge < -0.3 is 5.32 Å². The Morgan fingerprint density at radius 1 is 1.30 bits per heavy atom. The minimum absolute atomic E-state index is 0.697. The molecule has 0 unspecified atom stereocenters. The summed E-state index contributed by atoms with van der Waals surface area (Å²) >= 11 is 3.59. The lowest BCUT2D eigenvalue weighted by atomic mass is 10.0. The van der Waals surface area contributed by atoms with Crippen LogP contribution in [-0.4, -0.2) is 36.1 Å². The first-order valence-corrected chi connectivity index (χ1v) is 7.97. The van der Waals surface area contributed by atoms with Crippen LogP contribution in [0, 0.1) is 0 Å².